The van der Waals surface area contributed by atoms with Crippen molar-refractivity contribution in [3.63, 3.8) is 0 Å². The second-order valence-electron chi connectivity index (χ2n) is 4.13. The molecule has 1 amide bonds. The van der Waals surface area contributed by atoms with Gasteiger partial charge in [0.25, 0.3) is 0 Å². The lowest BCUT2D eigenvalue weighted by molar-refractivity contribution is -0.0464. The number of hydrogen-bond acceptors (Lipinski definition) is 4. The number of nitrogens with one attached hydrogen (secondary N) is 1. The summed E-state index contributed by atoms with van der Waals surface area (Å²) in [6, 6.07) is 0. The normalized spacial score (nSPS) is 37.9. The fourth-order valence-electron chi connectivity index (χ4n) is 2.14. The van der Waals surface area contributed by atoms with Gasteiger partial charge in [0.1, 0.15) is 6.10 Å². The van der Waals surface area contributed by atoms with Crippen LogP contribution in [0, 0.1) is 11.8 Å². The van der Waals surface area contributed by atoms with Crippen molar-refractivity contribution in [3.8, 4) is 0 Å². The standard InChI is InChI=1S/C9H16N2O3/c10-9(13)14-7-4-11-3-6(8(7)12)5-1-2-5/h5-8,11-12H,1-4H2,(H2,10,13)/t6-,7-,8-/m1/s1. The molecule has 5 nitrogen and oxygen atoms in total. The molecule has 5 heteroatoms. The van der Waals surface area contributed by atoms with E-state index in [1.807, 2.05) is 0 Å². The Bertz CT molecular complexity index is 230. The molecule has 1 saturated heterocycles. The van der Waals surface area contributed by atoms with E-state index in [1.54, 1.807) is 0 Å². The average Bonchev–Trinajstić information content (AvgIpc) is 2.91. The Morgan fingerprint density at radius 3 is 2.71 bits per heavy atom. The van der Waals surface area contributed by atoms with Crippen LogP contribution in [0.4, 0.5) is 4.79 Å². The minimum atomic E-state index is -0.813. The van der Waals surface area contributed by atoms with Crippen molar-refractivity contribution in [2.45, 2.75) is 25.0 Å². The van der Waals surface area contributed by atoms with Crippen LogP contribution in [0.25, 0.3) is 0 Å². The summed E-state index contributed by atoms with van der Waals surface area (Å²) in [6.07, 6.45) is 0.495. The number of carbonyl (C=O) groups is 1. The van der Waals surface area contributed by atoms with Gasteiger partial charge in [-0.2, -0.15) is 0 Å². The number of aliphatic hydroxyl groups is 1. The number of nitrogens with two attached hydrogens (primary N) is 1. The van der Waals surface area contributed by atoms with Gasteiger partial charge in [0, 0.05) is 19.0 Å². The first-order valence-electron chi connectivity index (χ1n) is 5.03. The van der Waals surface area contributed by atoms with Crippen molar-refractivity contribution in [2.24, 2.45) is 17.6 Å². The topological polar surface area (TPSA) is 84.6 Å². The zero-order valence-corrected chi connectivity index (χ0v) is 7.98. The van der Waals surface area contributed by atoms with Gasteiger partial charge in [-0.1, -0.05) is 0 Å². The van der Waals surface area contributed by atoms with Crippen molar-refractivity contribution >= 4 is 6.09 Å². The van der Waals surface area contributed by atoms with E-state index in [-0.39, 0.29) is 5.92 Å². The third-order valence-electron chi connectivity index (χ3n) is 3.04. The first-order valence-corrected chi connectivity index (χ1v) is 5.03. The summed E-state index contributed by atoms with van der Waals surface area (Å²) in [5, 5.41) is 13.1. The molecule has 2 fully saturated rings. The van der Waals surface area contributed by atoms with Crippen LogP contribution in [-0.2, 0) is 4.74 Å². The maximum absolute atomic E-state index is 10.6. The first kappa shape index (κ1) is 9.73. The van der Waals surface area contributed by atoms with Crippen molar-refractivity contribution < 1.29 is 14.6 Å². The first-order chi connectivity index (χ1) is 6.68. The molecule has 1 heterocycles. The van der Waals surface area contributed by atoms with Crippen molar-refractivity contribution in [1.82, 2.24) is 5.32 Å². The largest absolute Gasteiger partial charge is 0.442 e. The molecule has 0 aromatic carbocycles. The van der Waals surface area contributed by atoms with Gasteiger partial charge < -0.3 is 20.9 Å². The molecule has 80 valence electrons. The van der Waals surface area contributed by atoms with Gasteiger partial charge >= 0.3 is 6.09 Å². The highest BCUT2D eigenvalue weighted by Crippen LogP contribution is 2.40. The molecule has 0 unspecified atom stereocenters. The highest BCUT2D eigenvalue weighted by Gasteiger charge is 2.42. The summed E-state index contributed by atoms with van der Waals surface area (Å²) in [6.45, 7) is 1.30. The zero-order chi connectivity index (χ0) is 10.1. The summed E-state index contributed by atoms with van der Waals surface area (Å²) < 4.78 is 4.84. The molecule has 1 saturated carbocycles. The third kappa shape index (κ3) is 1.99. The lowest BCUT2D eigenvalue weighted by Crippen LogP contribution is -2.53. The van der Waals surface area contributed by atoms with E-state index in [1.165, 1.54) is 12.8 Å². The van der Waals surface area contributed by atoms with Crippen LogP contribution in [-0.4, -0.2) is 36.5 Å². The van der Waals surface area contributed by atoms with Gasteiger partial charge in [0.2, 0.25) is 0 Å². The van der Waals surface area contributed by atoms with E-state index in [9.17, 15) is 9.90 Å². The predicted molar refractivity (Wildman–Crippen MR) is 49.5 cm³/mol. The Hall–Kier alpha value is -0.810. The van der Waals surface area contributed by atoms with Gasteiger partial charge in [0.15, 0.2) is 0 Å². The number of amides is 1. The summed E-state index contributed by atoms with van der Waals surface area (Å²) >= 11 is 0. The molecular formula is C9H16N2O3. The van der Waals surface area contributed by atoms with E-state index in [2.05, 4.69) is 5.32 Å². The molecule has 0 aromatic heterocycles. The Kier molecular flexibility index (Phi) is 2.60. The number of ether oxygens (including phenoxy) is 1. The van der Waals surface area contributed by atoms with Crippen LogP contribution < -0.4 is 11.1 Å². The SMILES string of the molecule is NC(=O)O[C@@H]1CNC[C@H](C2CC2)[C@H]1O. The molecule has 0 radical (unpaired) electrons. The number of carbonyl (C=O) groups excluding carboxylic acids is 1. The highest BCUT2D eigenvalue weighted by atomic mass is 16.6. The van der Waals surface area contributed by atoms with E-state index >= 15 is 0 Å². The zero-order valence-electron chi connectivity index (χ0n) is 7.98. The Balaban J connectivity index is 1.93. The van der Waals surface area contributed by atoms with Crippen molar-refractivity contribution in [2.75, 3.05) is 13.1 Å². The minimum Gasteiger partial charge on any atom is -0.442 e. The molecule has 3 atom stereocenters. The van der Waals surface area contributed by atoms with Gasteiger partial charge in [-0.05, 0) is 18.8 Å². The fourth-order valence-corrected chi connectivity index (χ4v) is 2.14. The number of aliphatic hydroxyl groups excluding tert-OH is 1. The van der Waals surface area contributed by atoms with Gasteiger partial charge in [-0.15, -0.1) is 0 Å². The summed E-state index contributed by atoms with van der Waals surface area (Å²) in [5.74, 6) is 0.810. The fraction of sp³-hybridized carbons (Fsp3) is 0.889. The lowest BCUT2D eigenvalue weighted by atomic mass is 9.90. The molecule has 4 N–H and O–H groups in total. The molecule has 2 rings (SSSR count). The number of hydrogen-bond donors (Lipinski definition) is 3. The van der Waals surface area contributed by atoms with E-state index in [4.69, 9.17) is 10.5 Å². The molecule has 1 aliphatic heterocycles. The quantitative estimate of drug-likeness (QED) is 0.558. The maximum Gasteiger partial charge on any atom is 0.404 e. The molecular weight excluding hydrogens is 184 g/mol. The highest BCUT2D eigenvalue weighted by molar-refractivity contribution is 5.64. The summed E-state index contributed by atoms with van der Waals surface area (Å²) in [4.78, 5) is 10.6. The molecule has 2 aliphatic rings. The Morgan fingerprint density at radius 2 is 2.14 bits per heavy atom. The number of piperidine rings is 1. The molecule has 0 spiro atoms. The number of primary amides is 1. The monoisotopic (exact) mass is 200 g/mol. The second-order valence-corrected chi connectivity index (χ2v) is 4.13. The van der Waals surface area contributed by atoms with Gasteiger partial charge in [-0.3, -0.25) is 0 Å². The molecule has 0 aromatic rings. The van der Waals surface area contributed by atoms with E-state index < -0.39 is 18.3 Å². The molecule has 0 bridgehead atoms. The van der Waals surface area contributed by atoms with Gasteiger partial charge in [-0.25, -0.2) is 4.79 Å². The molecule has 14 heavy (non-hydrogen) atoms. The van der Waals surface area contributed by atoms with Crippen LogP contribution in [0.3, 0.4) is 0 Å². The van der Waals surface area contributed by atoms with Crippen LogP contribution in [0.2, 0.25) is 0 Å². The maximum atomic E-state index is 10.6. The van der Waals surface area contributed by atoms with E-state index in [0.29, 0.717) is 12.5 Å². The third-order valence-corrected chi connectivity index (χ3v) is 3.04. The summed E-state index contributed by atoms with van der Waals surface area (Å²) in [7, 11) is 0. The van der Waals surface area contributed by atoms with Crippen LogP contribution >= 0.6 is 0 Å². The van der Waals surface area contributed by atoms with Gasteiger partial charge in [0.05, 0.1) is 6.10 Å². The molecule has 1 aliphatic carbocycles. The predicted octanol–water partition coefficient (Wildman–Crippen LogP) is -0.559. The Labute approximate surface area is 82.6 Å². The average molecular weight is 200 g/mol. The van der Waals surface area contributed by atoms with Crippen LogP contribution in [0.1, 0.15) is 12.8 Å². The number of rotatable bonds is 2. The van der Waals surface area contributed by atoms with E-state index in [0.717, 1.165) is 6.54 Å². The van der Waals surface area contributed by atoms with Crippen LogP contribution in [0.15, 0.2) is 0 Å². The van der Waals surface area contributed by atoms with Crippen LogP contribution in [0.5, 0.6) is 0 Å². The Morgan fingerprint density at radius 1 is 1.43 bits per heavy atom. The van der Waals surface area contributed by atoms with Crippen molar-refractivity contribution in [3.05, 3.63) is 0 Å². The minimum absolute atomic E-state index is 0.216. The lowest BCUT2D eigenvalue weighted by Gasteiger charge is -2.34. The smallest absolute Gasteiger partial charge is 0.404 e. The summed E-state index contributed by atoms with van der Waals surface area (Å²) in [5.41, 5.74) is 4.92. The second kappa shape index (κ2) is 3.74. The van der Waals surface area contributed by atoms with Crippen molar-refractivity contribution in [1.29, 1.82) is 0 Å².